The quantitative estimate of drug-likeness (QED) is 0.878. The number of hydrogen-bond acceptors (Lipinski definition) is 4. The lowest BCUT2D eigenvalue weighted by Gasteiger charge is -2.12. The average Bonchev–Trinajstić information content (AvgIpc) is 2.48. The SMILES string of the molecule is CCOc1cncc(-c2ccc(OC)cc2CNC)c1. The van der Waals surface area contributed by atoms with E-state index in [-0.39, 0.29) is 0 Å². The second-order valence-electron chi connectivity index (χ2n) is 4.40. The van der Waals surface area contributed by atoms with Crippen molar-refractivity contribution in [3.63, 3.8) is 0 Å². The lowest BCUT2D eigenvalue weighted by atomic mass is 10.0. The van der Waals surface area contributed by atoms with Crippen molar-refractivity contribution in [1.82, 2.24) is 10.3 Å². The molecule has 0 bridgehead atoms. The van der Waals surface area contributed by atoms with Gasteiger partial charge in [0.1, 0.15) is 11.5 Å². The summed E-state index contributed by atoms with van der Waals surface area (Å²) < 4.78 is 10.8. The molecule has 0 aliphatic heterocycles. The van der Waals surface area contributed by atoms with E-state index in [1.807, 2.05) is 38.4 Å². The molecule has 2 aromatic rings. The molecule has 106 valence electrons. The Labute approximate surface area is 119 Å². The molecule has 2 rings (SSSR count). The van der Waals surface area contributed by atoms with Crippen LogP contribution >= 0.6 is 0 Å². The highest BCUT2D eigenvalue weighted by Gasteiger charge is 2.08. The van der Waals surface area contributed by atoms with E-state index in [1.54, 1.807) is 13.3 Å². The number of nitrogens with one attached hydrogen (secondary N) is 1. The van der Waals surface area contributed by atoms with E-state index in [2.05, 4.69) is 16.4 Å². The Morgan fingerprint density at radius 2 is 2.00 bits per heavy atom. The second kappa shape index (κ2) is 6.91. The predicted octanol–water partition coefficient (Wildman–Crippen LogP) is 2.88. The minimum Gasteiger partial charge on any atom is -0.497 e. The van der Waals surface area contributed by atoms with Gasteiger partial charge in [0.25, 0.3) is 0 Å². The monoisotopic (exact) mass is 272 g/mol. The summed E-state index contributed by atoms with van der Waals surface area (Å²) in [6.45, 7) is 3.37. The summed E-state index contributed by atoms with van der Waals surface area (Å²) in [5.74, 6) is 1.64. The van der Waals surface area contributed by atoms with Gasteiger partial charge in [0.2, 0.25) is 0 Å². The largest absolute Gasteiger partial charge is 0.497 e. The molecule has 1 aromatic carbocycles. The molecule has 0 atom stereocenters. The highest BCUT2D eigenvalue weighted by Crippen LogP contribution is 2.29. The summed E-state index contributed by atoms with van der Waals surface area (Å²) in [6.07, 6.45) is 3.58. The minimum atomic E-state index is 0.636. The Kier molecular flexibility index (Phi) is 4.96. The van der Waals surface area contributed by atoms with Gasteiger partial charge < -0.3 is 14.8 Å². The molecule has 0 spiro atoms. The first kappa shape index (κ1) is 14.3. The molecule has 0 radical (unpaired) electrons. The van der Waals surface area contributed by atoms with Gasteiger partial charge in [-0.2, -0.15) is 0 Å². The van der Waals surface area contributed by atoms with E-state index in [1.165, 1.54) is 5.56 Å². The molecule has 0 aliphatic carbocycles. The molecule has 0 unspecified atom stereocenters. The maximum Gasteiger partial charge on any atom is 0.138 e. The molecule has 1 aromatic heterocycles. The molecule has 0 saturated heterocycles. The number of hydrogen-bond donors (Lipinski definition) is 1. The smallest absolute Gasteiger partial charge is 0.138 e. The first-order valence-corrected chi connectivity index (χ1v) is 6.68. The highest BCUT2D eigenvalue weighted by molar-refractivity contribution is 5.68. The summed E-state index contributed by atoms with van der Waals surface area (Å²) in [4.78, 5) is 4.25. The molecule has 0 aliphatic rings. The first-order valence-electron chi connectivity index (χ1n) is 6.68. The van der Waals surface area contributed by atoms with Gasteiger partial charge in [-0.15, -0.1) is 0 Å². The van der Waals surface area contributed by atoms with Crippen molar-refractivity contribution in [2.24, 2.45) is 0 Å². The van der Waals surface area contributed by atoms with Gasteiger partial charge in [0.15, 0.2) is 0 Å². The Bertz CT molecular complexity index is 570. The lowest BCUT2D eigenvalue weighted by Crippen LogP contribution is -2.06. The molecule has 0 amide bonds. The molecule has 20 heavy (non-hydrogen) atoms. The Morgan fingerprint density at radius 3 is 2.70 bits per heavy atom. The van der Waals surface area contributed by atoms with Crippen LogP contribution < -0.4 is 14.8 Å². The molecule has 4 heteroatoms. The lowest BCUT2D eigenvalue weighted by molar-refractivity contribution is 0.339. The van der Waals surface area contributed by atoms with Gasteiger partial charge in [-0.1, -0.05) is 6.07 Å². The van der Waals surface area contributed by atoms with E-state index in [0.717, 1.165) is 29.2 Å². The molecule has 0 fully saturated rings. The van der Waals surface area contributed by atoms with Crippen LogP contribution in [-0.4, -0.2) is 25.7 Å². The number of rotatable bonds is 6. The molecular weight excluding hydrogens is 252 g/mol. The number of benzene rings is 1. The third-order valence-corrected chi connectivity index (χ3v) is 3.01. The number of methoxy groups -OCH3 is 1. The Hall–Kier alpha value is -2.07. The molecule has 1 heterocycles. The normalized spacial score (nSPS) is 10.3. The highest BCUT2D eigenvalue weighted by atomic mass is 16.5. The van der Waals surface area contributed by atoms with Crippen molar-refractivity contribution in [3.8, 4) is 22.6 Å². The van der Waals surface area contributed by atoms with Crippen LogP contribution in [0.15, 0.2) is 36.7 Å². The predicted molar refractivity (Wildman–Crippen MR) is 80.2 cm³/mol. The fraction of sp³-hybridized carbons (Fsp3) is 0.312. The Morgan fingerprint density at radius 1 is 1.15 bits per heavy atom. The van der Waals surface area contributed by atoms with Gasteiger partial charge >= 0.3 is 0 Å². The minimum absolute atomic E-state index is 0.636. The third-order valence-electron chi connectivity index (χ3n) is 3.01. The number of aromatic nitrogens is 1. The van der Waals surface area contributed by atoms with Crippen molar-refractivity contribution >= 4 is 0 Å². The zero-order valence-corrected chi connectivity index (χ0v) is 12.1. The maximum atomic E-state index is 5.51. The second-order valence-corrected chi connectivity index (χ2v) is 4.40. The standard InChI is InChI=1S/C16H20N2O2/c1-4-20-15-8-13(10-18-11-15)16-6-5-14(19-3)7-12(16)9-17-2/h5-8,10-11,17H,4,9H2,1-3H3. The fourth-order valence-corrected chi connectivity index (χ4v) is 2.13. The van der Waals surface area contributed by atoms with Crippen LogP contribution in [0.1, 0.15) is 12.5 Å². The van der Waals surface area contributed by atoms with Crippen LogP contribution in [0.5, 0.6) is 11.5 Å². The van der Waals surface area contributed by atoms with E-state index in [4.69, 9.17) is 9.47 Å². The number of ether oxygens (including phenoxy) is 2. The number of pyridine rings is 1. The van der Waals surface area contributed by atoms with Crippen LogP contribution in [0.25, 0.3) is 11.1 Å². The summed E-state index contributed by atoms with van der Waals surface area (Å²) in [5, 5.41) is 3.18. The summed E-state index contributed by atoms with van der Waals surface area (Å²) in [6, 6.07) is 8.07. The topological polar surface area (TPSA) is 43.4 Å². The van der Waals surface area contributed by atoms with Crippen molar-refractivity contribution in [3.05, 3.63) is 42.2 Å². The van der Waals surface area contributed by atoms with Gasteiger partial charge in [-0.3, -0.25) is 4.98 Å². The van der Waals surface area contributed by atoms with Crippen LogP contribution in [0, 0.1) is 0 Å². The van der Waals surface area contributed by atoms with Gasteiger partial charge in [0.05, 0.1) is 19.9 Å². The van der Waals surface area contributed by atoms with Gasteiger partial charge in [-0.05, 0) is 43.3 Å². The zero-order chi connectivity index (χ0) is 14.4. The zero-order valence-electron chi connectivity index (χ0n) is 12.1. The number of nitrogens with zero attached hydrogens (tertiary/aromatic N) is 1. The van der Waals surface area contributed by atoms with E-state index in [9.17, 15) is 0 Å². The molecule has 4 nitrogen and oxygen atoms in total. The molecule has 1 N–H and O–H groups in total. The van der Waals surface area contributed by atoms with Crippen LogP contribution in [0.4, 0.5) is 0 Å². The van der Waals surface area contributed by atoms with E-state index in [0.29, 0.717) is 6.61 Å². The summed E-state index contributed by atoms with van der Waals surface area (Å²) >= 11 is 0. The van der Waals surface area contributed by atoms with Crippen LogP contribution in [0.2, 0.25) is 0 Å². The van der Waals surface area contributed by atoms with E-state index < -0.39 is 0 Å². The van der Waals surface area contributed by atoms with Crippen LogP contribution in [-0.2, 0) is 6.54 Å². The van der Waals surface area contributed by atoms with Crippen molar-refractivity contribution in [2.75, 3.05) is 20.8 Å². The average molecular weight is 272 g/mol. The summed E-state index contributed by atoms with van der Waals surface area (Å²) in [5.41, 5.74) is 3.35. The molecule has 0 saturated carbocycles. The van der Waals surface area contributed by atoms with Crippen molar-refractivity contribution < 1.29 is 9.47 Å². The maximum absolute atomic E-state index is 5.51. The third kappa shape index (κ3) is 3.27. The van der Waals surface area contributed by atoms with E-state index >= 15 is 0 Å². The van der Waals surface area contributed by atoms with Crippen molar-refractivity contribution in [1.29, 1.82) is 0 Å². The fourth-order valence-electron chi connectivity index (χ4n) is 2.13. The summed E-state index contributed by atoms with van der Waals surface area (Å²) in [7, 11) is 3.60. The Balaban J connectivity index is 2.42. The van der Waals surface area contributed by atoms with Gasteiger partial charge in [0, 0.05) is 18.3 Å². The van der Waals surface area contributed by atoms with Crippen molar-refractivity contribution in [2.45, 2.75) is 13.5 Å². The molecular formula is C16H20N2O2. The first-order chi connectivity index (χ1) is 9.78. The van der Waals surface area contributed by atoms with Crippen LogP contribution in [0.3, 0.4) is 0 Å². The van der Waals surface area contributed by atoms with Gasteiger partial charge in [-0.25, -0.2) is 0 Å².